The molecule has 0 saturated heterocycles. The zero-order valence-corrected chi connectivity index (χ0v) is 13.4. The minimum Gasteiger partial charge on any atom is -0.383 e. The fourth-order valence-corrected chi connectivity index (χ4v) is 4.61. The highest BCUT2D eigenvalue weighted by Crippen LogP contribution is 2.69. The van der Waals surface area contributed by atoms with Crippen LogP contribution in [0.1, 0.15) is 31.2 Å². The Kier molecular flexibility index (Phi) is 4.02. The molecular weight excluding hydrogens is 293 g/mol. The fraction of sp³-hybridized carbons (Fsp3) is 0.625. The summed E-state index contributed by atoms with van der Waals surface area (Å²) in [6.07, 6.45) is 5.16. The van der Waals surface area contributed by atoms with Gasteiger partial charge in [0.25, 0.3) is 0 Å². The molecule has 0 atom stereocenters. The van der Waals surface area contributed by atoms with Gasteiger partial charge in [-0.25, -0.2) is 0 Å². The van der Waals surface area contributed by atoms with Crippen LogP contribution in [0.4, 0.5) is 0 Å². The Morgan fingerprint density at radius 1 is 1.20 bits per heavy atom. The SMILES string of the molecule is COCCNCC1(c2c(Cl)cccc2Cl)CC2(CC2)C1. The van der Waals surface area contributed by atoms with E-state index in [1.807, 2.05) is 18.2 Å². The first-order chi connectivity index (χ1) is 9.61. The molecule has 0 bridgehead atoms. The van der Waals surface area contributed by atoms with Crippen molar-refractivity contribution in [2.24, 2.45) is 5.41 Å². The molecule has 20 heavy (non-hydrogen) atoms. The normalized spacial score (nSPS) is 21.8. The minimum absolute atomic E-state index is 0.111. The first-order valence-corrected chi connectivity index (χ1v) is 8.01. The summed E-state index contributed by atoms with van der Waals surface area (Å²) in [4.78, 5) is 0. The van der Waals surface area contributed by atoms with Gasteiger partial charge in [0.15, 0.2) is 0 Å². The van der Waals surface area contributed by atoms with Crippen LogP contribution in [0.2, 0.25) is 10.0 Å². The van der Waals surface area contributed by atoms with Crippen molar-refractivity contribution in [3.05, 3.63) is 33.8 Å². The third-order valence-electron chi connectivity index (χ3n) is 4.82. The Labute approximate surface area is 130 Å². The van der Waals surface area contributed by atoms with E-state index in [-0.39, 0.29) is 5.41 Å². The van der Waals surface area contributed by atoms with Crippen LogP contribution in [0.25, 0.3) is 0 Å². The summed E-state index contributed by atoms with van der Waals surface area (Å²) < 4.78 is 5.10. The van der Waals surface area contributed by atoms with E-state index in [9.17, 15) is 0 Å². The molecule has 1 aromatic carbocycles. The van der Waals surface area contributed by atoms with Gasteiger partial charge in [-0.2, -0.15) is 0 Å². The van der Waals surface area contributed by atoms with Crippen LogP contribution in [0.3, 0.4) is 0 Å². The molecule has 1 aromatic rings. The van der Waals surface area contributed by atoms with E-state index >= 15 is 0 Å². The molecular formula is C16H21Cl2NO. The molecule has 0 unspecified atom stereocenters. The lowest BCUT2D eigenvalue weighted by Crippen LogP contribution is -2.50. The number of benzene rings is 1. The van der Waals surface area contributed by atoms with E-state index in [1.54, 1.807) is 7.11 Å². The molecule has 2 aliphatic rings. The van der Waals surface area contributed by atoms with Crippen LogP contribution in [0, 0.1) is 5.41 Å². The quantitative estimate of drug-likeness (QED) is 0.800. The topological polar surface area (TPSA) is 21.3 Å². The summed E-state index contributed by atoms with van der Waals surface area (Å²) in [5, 5.41) is 5.12. The lowest BCUT2D eigenvalue weighted by atomic mass is 9.56. The van der Waals surface area contributed by atoms with Crippen LogP contribution in [-0.4, -0.2) is 26.8 Å². The van der Waals surface area contributed by atoms with E-state index < -0.39 is 0 Å². The van der Waals surface area contributed by atoms with Gasteiger partial charge >= 0.3 is 0 Å². The zero-order chi connectivity index (χ0) is 14.2. The van der Waals surface area contributed by atoms with Crippen molar-refractivity contribution in [2.45, 2.75) is 31.1 Å². The minimum atomic E-state index is 0.111. The summed E-state index contributed by atoms with van der Waals surface area (Å²) in [5.74, 6) is 0. The molecule has 4 heteroatoms. The van der Waals surface area contributed by atoms with E-state index in [4.69, 9.17) is 27.9 Å². The van der Waals surface area contributed by atoms with Gasteiger partial charge in [0.05, 0.1) is 6.61 Å². The highest BCUT2D eigenvalue weighted by atomic mass is 35.5. The first kappa shape index (κ1) is 14.6. The highest BCUT2D eigenvalue weighted by Gasteiger charge is 2.61. The summed E-state index contributed by atoms with van der Waals surface area (Å²) in [5.41, 5.74) is 1.86. The number of rotatable bonds is 6. The molecule has 3 rings (SSSR count). The monoisotopic (exact) mass is 313 g/mol. The third kappa shape index (κ3) is 2.59. The maximum Gasteiger partial charge on any atom is 0.0587 e. The maximum absolute atomic E-state index is 6.44. The van der Waals surface area contributed by atoms with Crippen molar-refractivity contribution >= 4 is 23.2 Å². The Bertz CT molecular complexity index is 471. The molecule has 1 N–H and O–H groups in total. The predicted octanol–water partition coefficient (Wildman–Crippen LogP) is 4.04. The highest BCUT2D eigenvalue weighted by molar-refractivity contribution is 6.36. The number of methoxy groups -OCH3 is 1. The average Bonchev–Trinajstić information content (AvgIpc) is 3.14. The van der Waals surface area contributed by atoms with Gasteiger partial charge in [0.1, 0.15) is 0 Å². The molecule has 2 saturated carbocycles. The second-order valence-electron chi connectivity index (χ2n) is 6.40. The largest absolute Gasteiger partial charge is 0.383 e. The van der Waals surface area contributed by atoms with E-state index in [0.29, 0.717) is 5.41 Å². The molecule has 2 fully saturated rings. The number of ether oxygens (including phenoxy) is 1. The predicted molar refractivity (Wildman–Crippen MR) is 83.8 cm³/mol. The van der Waals surface area contributed by atoms with E-state index in [0.717, 1.165) is 35.3 Å². The number of hydrogen-bond acceptors (Lipinski definition) is 2. The van der Waals surface area contributed by atoms with Crippen molar-refractivity contribution < 1.29 is 4.74 Å². The van der Waals surface area contributed by atoms with Gasteiger partial charge in [0, 0.05) is 35.7 Å². The van der Waals surface area contributed by atoms with E-state index in [1.165, 1.54) is 25.7 Å². The maximum atomic E-state index is 6.44. The smallest absolute Gasteiger partial charge is 0.0587 e. The van der Waals surface area contributed by atoms with Gasteiger partial charge in [-0.15, -0.1) is 0 Å². The Balaban J connectivity index is 1.79. The van der Waals surface area contributed by atoms with Crippen molar-refractivity contribution in [1.82, 2.24) is 5.32 Å². The summed E-state index contributed by atoms with van der Waals surface area (Å²) >= 11 is 12.9. The number of halogens is 2. The Hall–Kier alpha value is -0.280. The molecule has 0 aromatic heterocycles. The second-order valence-corrected chi connectivity index (χ2v) is 7.21. The summed E-state index contributed by atoms with van der Waals surface area (Å²) in [6, 6.07) is 5.83. The number of nitrogens with one attached hydrogen (secondary N) is 1. The van der Waals surface area contributed by atoms with Crippen molar-refractivity contribution in [3.8, 4) is 0 Å². The average molecular weight is 314 g/mol. The van der Waals surface area contributed by atoms with Crippen LogP contribution in [0.5, 0.6) is 0 Å². The van der Waals surface area contributed by atoms with Crippen LogP contribution >= 0.6 is 23.2 Å². The zero-order valence-electron chi connectivity index (χ0n) is 11.8. The molecule has 1 spiro atoms. The van der Waals surface area contributed by atoms with E-state index in [2.05, 4.69) is 5.32 Å². The van der Waals surface area contributed by atoms with Crippen molar-refractivity contribution in [1.29, 1.82) is 0 Å². The summed E-state index contributed by atoms with van der Waals surface area (Å²) in [7, 11) is 1.73. The Morgan fingerprint density at radius 3 is 2.40 bits per heavy atom. The molecule has 0 heterocycles. The van der Waals surface area contributed by atoms with Gasteiger partial charge in [-0.3, -0.25) is 0 Å². The molecule has 2 nitrogen and oxygen atoms in total. The van der Waals surface area contributed by atoms with Crippen molar-refractivity contribution in [2.75, 3.05) is 26.8 Å². The third-order valence-corrected chi connectivity index (χ3v) is 5.45. The fourth-order valence-electron chi connectivity index (χ4n) is 3.81. The van der Waals surface area contributed by atoms with Gasteiger partial charge in [-0.1, -0.05) is 29.3 Å². The summed E-state index contributed by atoms with van der Waals surface area (Å²) in [6.45, 7) is 2.53. The standard InChI is InChI=1S/C16H21Cl2NO/c1-20-8-7-19-11-16(9-15(10-16)5-6-15)14-12(17)3-2-4-13(14)18/h2-4,19H,5-11H2,1H3. The first-order valence-electron chi connectivity index (χ1n) is 7.25. The van der Waals surface area contributed by atoms with Gasteiger partial charge in [-0.05, 0) is 48.8 Å². The number of hydrogen-bond donors (Lipinski definition) is 1. The Morgan fingerprint density at radius 2 is 1.85 bits per heavy atom. The molecule has 2 aliphatic carbocycles. The molecule has 0 radical (unpaired) electrons. The second kappa shape index (κ2) is 5.49. The lowest BCUT2D eigenvalue weighted by molar-refractivity contribution is 0.112. The molecule has 110 valence electrons. The van der Waals surface area contributed by atoms with Crippen LogP contribution in [0.15, 0.2) is 18.2 Å². The lowest BCUT2D eigenvalue weighted by Gasteiger charge is -2.50. The molecule has 0 amide bonds. The van der Waals surface area contributed by atoms with Crippen LogP contribution in [-0.2, 0) is 10.2 Å². The van der Waals surface area contributed by atoms with Gasteiger partial charge < -0.3 is 10.1 Å². The molecule has 0 aliphatic heterocycles. The van der Waals surface area contributed by atoms with Crippen molar-refractivity contribution in [3.63, 3.8) is 0 Å². The van der Waals surface area contributed by atoms with Gasteiger partial charge in [0.2, 0.25) is 0 Å². The van der Waals surface area contributed by atoms with Crippen LogP contribution < -0.4 is 5.32 Å².